The van der Waals surface area contributed by atoms with E-state index in [1.165, 1.54) is 10.1 Å². The minimum atomic E-state index is 0.0809. The van der Waals surface area contributed by atoms with Gasteiger partial charge in [-0.25, -0.2) is 0 Å². The molecule has 0 atom stereocenters. The van der Waals surface area contributed by atoms with Crippen molar-refractivity contribution in [2.75, 3.05) is 14.1 Å². The van der Waals surface area contributed by atoms with Crippen molar-refractivity contribution >= 4 is 27.2 Å². The van der Waals surface area contributed by atoms with Gasteiger partial charge in [-0.05, 0) is 23.9 Å². The van der Waals surface area contributed by atoms with Crippen LogP contribution in [0.1, 0.15) is 15.2 Å². The summed E-state index contributed by atoms with van der Waals surface area (Å²) in [6, 6.07) is 8.13. The molecule has 1 aromatic carbocycles. The molecule has 0 radical (unpaired) electrons. The highest BCUT2D eigenvalue weighted by atomic mass is 32.1. The smallest absolute Gasteiger partial charge is 0.197 e. The minimum Gasteiger partial charge on any atom is -0.383 e. The van der Waals surface area contributed by atoms with Crippen molar-refractivity contribution in [3.05, 3.63) is 47.0 Å². The second kappa shape index (κ2) is 4.72. The number of fused-ring (bicyclic) bond motifs is 1. The standard InChI is InChI=1S/C14H15NOS/c1-10-11-6-4-5-7-13(11)17-14(10)12(16)8-9-15(2)3/h4-9H,1-3H3. The normalized spacial score (nSPS) is 11.2. The SMILES string of the molecule is Cc1c(C(=O)C=CN(C)C)sc2ccccc12. The zero-order chi connectivity index (χ0) is 12.4. The van der Waals surface area contributed by atoms with Crippen molar-refractivity contribution in [1.82, 2.24) is 4.90 Å². The molecule has 0 fully saturated rings. The number of nitrogens with zero attached hydrogens (tertiary/aromatic N) is 1. The first-order valence-electron chi connectivity index (χ1n) is 5.46. The predicted octanol–water partition coefficient (Wildman–Crippen LogP) is 3.47. The summed E-state index contributed by atoms with van der Waals surface area (Å²) in [7, 11) is 3.81. The Balaban J connectivity index is 2.42. The van der Waals surface area contributed by atoms with Crippen LogP contribution in [0.2, 0.25) is 0 Å². The molecule has 0 saturated carbocycles. The molecule has 2 rings (SSSR count). The van der Waals surface area contributed by atoms with Gasteiger partial charge in [-0.3, -0.25) is 4.79 Å². The van der Waals surface area contributed by atoms with Crippen molar-refractivity contribution in [3.63, 3.8) is 0 Å². The van der Waals surface area contributed by atoms with Crippen LogP contribution in [0.4, 0.5) is 0 Å². The number of ketones is 1. The van der Waals surface area contributed by atoms with Gasteiger partial charge in [0.25, 0.3) is 0 Å². The van der Waals surface area contributed by atoms with Gasteiger partial charge in [0, 0.05) is 31.1 Å². The van der Waals surface area contributed by atoms with E-state index in [1.54, 1.807) is 23.6 Å². The first kappa shape index (κ1) is 11.9. The van der Waals surface area contributed by atoms with Crippen LogP contribution in [0, 0.1) is 6.92 Å². The van der Waals surface area contributed by atoms with Crippen molar-refractivity contribution in [3.8, 4) is 0 Å². The van der Waals surface area contributed by atoms with E-state index in [4.69, 9.17) is 0 Å². The number of thiophene rings is 1. The van der Waals surface area contributed by atoms with E-state index < -0.39 is 0 Å². The Morgan fingerprint density at radius 2 is 2.00 bits per heavy atom. The summed E-state index contributed by atoms with van der Waals surface area (Å²) in [4.78, 5) is 14.7. The molecular weight excluding hydrogens is 230 g/mol. The highest BCUT2D eigenvalue weighted by molar-refractivity contribution is 7.21. The molecule has 0 unspecified atom stereocenters. The van der Waals surface area contributed by atoms with Gasteiger partial charge >= 0.3 is 0 Å². The van der Waals surface area contributed by atoms with Gasteiger partial charge < -0.3 is 4.90 Å². The number of aryl methyl sites for hydroxylation is 1. The number of benzene rings is 1. The van der Waals surface area contributed by atoms with E-state index >= 15 is 0 Å². The summed E-state index contributed by atoms with van der Waals surface area (Å²) < 4.78 is 1.17. The van der Waals surface area contributed by atoms with E-state index in [0.717, 1.165) is 10.4 Å². The number of carbonyl (C=O) groups excluding carboxylic acids is 1. The third kappa shape index (κ3) is 2.39. The maximum absolute atomic E-state index is 12.0. The van der Waals surface area contributed by atoms with Crippen LogP contribution in [0.15, 0.2) is 36.5 Å². The van der Waals surface area contributed by atoms with E-state index in [-0.39, 0.29) is 5.78 Å². The van der Waals surface area contributed by atoms with Gasteiger partial charge in [0.15, 0.2) is 5.78 Å². The lowest BCUT2D eigenvalue weighted by molar-refractivity contribution is 0.104. The number of rotatable bonds is 3. The molecule has 2 aromatic rings. The Labute approximate surface area is 105 Å². The Morgan fingerprint density at radius 3 is 2.65 bits per heavy atom. The maximum atomic E-state index is 12.0. The molecular formula is C14H15NOS. The molecule has 0 saturated heterocycles. The Morgan fingerprint density at radius 1 is 1.29 bits per heavy atom. The summed E-state index contributed by atoms with van der Waals surface area (Å²) in [5.41, 5.74) is 1.08. The van der Waals surface area contributed by atoms with E-state index in [1.807, 2.05) is 38.1 Å². The molecule has 0 amide bonds. The third-order valence-electron chi connectivity index (χ3n) is 2.59. The van der Waals surface area contributed by atoms with Crippen LogP contribution in [-0.4, -0.2) is 24.8 Å². The van der Waals surface area contributed by atoms with Crippen LogP contribution in [0.3, 0.4) is 0 Å². The van der Waals surface area contributed by atoms with Crippen molar-refractivity contribution in [1.29, 1.82) is 0 Å². The fourth-order valence-electron chi connectivity index (χ4n) is 1.70. The Bertz CT molecular complexity index is 581. The molecule has 1 aromatic heterocycles. The predicted molar refractivity (Wildman–Crippen MR) is 73.7 cm³/mol. The average molecular weight is 245 g/mol. The van der Waals surface area contributed by atoms with Crippen LogP contribution < -0.4 is 0 Å². The molecule has 0 aliphatic rings. The molecule has 0 aliphatic carbocycles. The zero-order valence-corrected chi connectivity index (χ0v) is 11.0. The fourth-order valence-corrected chi connectivity index (χ4v) is 2.83. The summed E-state index contributed by atoms with van der Waals surface area (Å²) in [5, 5.41) is 1.18. The first-order valence-corrected chi connectivity index (χ1v) is 6.28. The number of allylic oxidation sites excluding steroid dienone is 1. The van der Waals surface area contributed by atoms with E-state index in [2.05, 4.69) is 12.1 Å². The fraction of sp³-hybridized carbons (Fsp3) is 0.214. The maximum Gasteiger partial charge on any atom is 0.197 e. The van der Waals surface area contributed by atoms with E-state index in [0.29, 0.717) is 0 Å². The second-order valence-electron chi connectivity index (χ2n) is 4.20. The molecule has 3 heteroatoms. The lowest BCUT2D eigenvalue weighted by Crippen LogP contribution is -2.02. The van der Waals surface area contributed by atoms with E-state index in [9.17, 15) is 4.79 Å². The summed E-state index contributed by atoms with van der Waals surface area (Å²) in [6.07, 6.45) is 3.41. The molecule has 0 N–H and O–H groups in total. The number of carbonyl (C=O) groups is 1. The van der Waals surface area contributed by atoms with Crippen molar-refractivity contribution < 1.29 is 4.79 Å². The monoisotopic (exact) mass is 245 g/mol. The minimum absolute atomic E-state index is 0.0809. The number of hydrogen-bond donors (Lipinski definition) is 0. The van der Waals surface area contributed by atoms with Crippen LogP contribution in [-0.2, 0) is 0 Å². The van der Waals surface area contributed by atoms with Gasteiger partial charge in [0.1, 0.15) is 0 Å². The lowest BCUT2D eigenvalue weighted by Gasteiger charge is -2.02. The molecule has 2 nitrogen and oxygen atoms in total. The second-order valence-corrected chi connectivity index (χ2v) is 5.25. The molecule has 1 heterocycles. The van der Waals surface area contributed by atoms with Crippen molar-refractivity contribution in [2.24, 2.45) is 0 Å². The summed E-state index contributed by atoms with van der Waals surface area (Å²) >= 11 is 1.56. The van der Waals surface area contributed by atoms with Crippen molar-refractivity contribution in [2.45, 2.75) is 6.92 Å². The van der Waals surface area contributed by atoms with Crippen LogP contribution in [0.25, 0.3) is 10.1 Å². The van der Waals surface area contributed by atoms with Gasteiger partial charge in [0.05, 0.1) is 4.88 Å². The largest absolute Gasteiger partial charge is 0.383 e. The Kier molecular flexibility index (Phi) is 3.29. The van der Waals surface area contributed by atoms with Crippen LogP contribution >= 0.6 is 11.3 Å². The topological polar surface area (TPSA) is 20.3 Å². The molecule has 0 bridgehead atoms. The van der Waals surface area contributed by atoms with Gasteiger partial charge in [-0.2, -0.15) is 0 Å². The van der Waals surface area contributed by atoms with Gasteiger partial charge in [0.2, 0.25) is 0 Å². The van der Waals surface area contributed by atoms with Gasteiger partial charge in [-0.15, -0.1) is 11.3 Å². The molecule has 0 aliphatic heterocycles. The Hall–Kier alpha value is -1.61. The zero-order valence-electron chi connectivity index (χ0n) is 10.2. The quantitative estimate of drug-likeness (QED) is 0.609. The highest BCUT2D eigenvalue weighted by Gasteiger charge is 2.12. The van der Waals surface area contributed by atoms with Gasteiger partial charge in [-0.1, -0.05) is 18.2 Å². The lowest BCUT2D eigenvalue weighted by atomic mass is 10.1. The molecule has 0 spiro atoms. The third-order valence-corrected chi connectivity index (χ3v) is 3.88. The molecule has 88 valence electrons. The molecule has 17 heavy (non-hydrogen) atoms. The van der Waals surface area contributed by atoms with Crippen LogP contribution in [0.5, 0.6) is 0 Å². The summed E-state index contributed by atoms with van der Waals surface area (Å²) in [6.45, 7) is 2.01. The average Bonchev–Trinajstić information content (AvgIpc) is 2.64. The highest BCUT2D eigenvalue weighted by Crippen LogP contribution is 2.30. The number of hydrogen-bond acceptors (Lipinski definition) is 3. The first-order chi connectivity index (χ1) is 8.09. The summed E-state index contributed by atoms with van der Waals surface area (Å²) in [5.74, 6) is 0.0809.